The predicted molar refractivity (Wildman–Crippen MR) is 77.4 cm³/mol. The molecule has 1 N–H and O–H groups in total. The Hall–Kier alpha value is -1.24. The molecule has 1 saturated heterocycles. The molecule has 1 saturated carbocycles. The molecule has 0 aromatic heterocycles. The molecule has 3 nitrogen and oxygen atoms in total. The van der Waals surface area contributed by atoms with Gasteiger partial charge in [-0.2, -0.15) is 5.26 Å². The van der Waals surface area contributed by atoms with Gasteiger partial charge in [0, 0.05) is 24.8 Å². The molecular formula is C15H18ClN3. The van der Waals surface area contributed by atoms with Gasteiger partial charge in [-0.1, -0.05) is 11.6 Å². The molecule has 0 bridgehead atoms. The molecular weight excluding hydrogens is 258 g/mol. The topological polar surface area (TPSA) is 39.1 Å². The average Bonchev–Trinajstić information content (AvgIpc) is 3.16. The first kappa shape index (κ1) is 12.8. The molecule has 4 heteroatoms. The van der Waals surface area contributed by atoms with E-state index in [0.717, 1.165) is 24.2 Å². The summed E-state index contributed by atoms with van der Waals surface area (Å²) in [5.41, 5.74) is 1.54. The molecule has 1 aromatic rings. The van der Waals surface area contributed by atoms with Crippen LogP contribution in [0.1, 0.15) is 24.8 Å². The summed E-state index contributed by atoms with van der Waals surface area (Å²) in [6.07, 6.45) is 4.07. The summed E-state index contributed by atoms with van der Waals surface area (Å²) >= 11 is 6.03. The fourth-order valence-corrected chi connectivity index (χ4v) is 3.00. The standard InChI is InChI=1S/C15H18ClN3/c16-15-7-13(2-1-12(15)8-17)18-9-11-5-6-19(10-11)14-3-4-14/h1-2,7,11,14,18H,3-6,9-10H2. The average molecular weight is 276 g/mol. The van der Waals surface area contributed by atoms with Crippen LogP contribution < -0.4 is 5.32 Å². The van der Waals surface area contributed by atoms with Gasteiger partial charge in [-0.15, -0.1) is 0 Å². The molecule has 19 heavy (non-hydrogen) atoms. The lowest BCUT2D eigenvalue weighted by molar-refractivity contribution is 0.316. The van der Waals surface area contributed by atoms with E-state index in [-0.39, 0.29) is 0 Å². The van der Waals surface area contributed by atoms with E-state index in [4.69, 9.17) is 16.9 Å². The van der Waals surface area contributed by atoms with Gasteiger partial charge in [0.25, 0.3) is 0 Å². The van der Waals surface area contributed by atoms with Crippen molar-refractivity contribution in [1.82, 2.24) is 4.90 Å². The molecule has 1 unspecified atom stereocenters. The quantitative estimate of drug-likeness (QED) is 0.918. The van der Waals surface area contributed by atoms with E-state index in [9.17, 15) is 0 Å². The second-order valence-corrected chi connectivity index (χ2v) is 5.98. The van der Waals surface area contributed by atoms with Crippen molar-refractivity contribution in [2.24, 2.45) is 5.92 Å². The molecule has 0 radical (unpaired) electrons. The van der Waals surface area contributed by atoms with Crippen LogP contribution in [0.2, 0.25) is 5.02 Å². The Morgan fingerprint density at radius 2 is 2.21 bits per heavy atom. The third kappa shape index (κ3) is 3.02. The lowest BCUT2D eigenvalue weighted by atomic mass is 10.1. The third-order valence-corrected chi connectivity index (χ3v) is 4.38. The smallest absolute Gasteiger partial charge is 0.101 e. The SMILES string of the molecule is N#Cc1ccc(NCC2CCN(C3CC3)C2)cc1Cl. The first-order valence-corrected chi connectivity index (χ1v) is 7.31. The second kappa shape index (κ2) is 5.40. The molecule has 3 rings (SSSR count). The molecule has 1 aliphatic carbocycles. The zero-order valence-corrected chi connectivity index (χ0v) is 11.7. The summed E-state index contributed by atoms with van der Waals surface area (Å²) in [7, 11) is 0. The number of rotatable bonds is 4. The number of nitriles is 1. The number of hydrogen-bond acceptors (Lipinski definition) is 3. The number of nitrogens with one attached hydrogen (secondary N) is 1. The van der Waals surface area contributed by atoms with Crippen LogP contribution in [0.25, 0.3) is 0 Å². The van der Waals surface area contributed by atoms with E-state index in [1.165, 1.54) is 32.4 Å². The minimum absolute atomic E-state index is 0.526. The van der Waals surface area contributed by atoms with Crippen molar-refractivity contribution in [2.75, 3.05) is 25.0 Å². The lowest BCUT2D eigenvalue weighted by Gasteiger charge is -2.15. The first-order chi connectivity index (χ1) is 9.26. The Bertz CT molecular complexity index is 505. The highest BCUT2D eigenvalue weighted by Crippen LogP contribution is 2.31. The van der Waals surface area contributed by atoms with Crippen LogP contribution in [0.15, 0.2) is 18.2 Å². The van der Waals surface area contributed by atoms with Gasteiger partial charge in [0.2, 0.25) is 0 Å². The molecule has 0 spiro atoms. The maximum Gasteiger partial charge on any atom is 0.101 e. The third-order valence-electron chi connectivity index (χ3n) is 4.06. The van der Waals surface area contributed by atoms with Crippen LogP contribution in [-0.2, 0) is 0 Å². The van der Waals surface area contributed by atoms with Crippen molar-refractivity contribution in [2.45, 2.75) is 25.3 Å². The van der Waals surface area contributed by atoms with Gasteiger partial charge >= 0.3 is 0 Å². The van der Waals surface area contributed by atoms with Crippen molar-refractivity contribution in [3.8, 4) is 6.07 Å². The minimum Gasteiger partial charge on any atom is -0.385 e. The summed E-state index contributed by atoms with van der Waals surface area (Å²) in [6.45, 7) is 3.47. The van der Waals surface area contributed by atoms with E-state index in [0.29, 0.717) is 10.6 Å². The van der Waals surface area contributed by atoms with Crippen LogP contribution in [0.4, 0.5) is 5.69 Å². The van der Waals surface area contributed by atoms with Crippen LogP contribution in [0.5, 0.6) is 0 Å². The monoisotopic (exact) mass is 275 g/mol. The normalized spacial score (nSPS) is 23.3. The number of benzene rings is 1. The van der Waals surface area contributed by atoms with Crippen LogP contribution >= 0.6 is 11.6 Å². The predicted octanol–water partition coefficient (Wildman–Crippen LogP) is 3.11. The molecule has 0 amide bonds. The summed E-state index contributed by atoms with van der Waals surface area (Å²) in [5.74, 6) is 0.731. The van der Waals surface area contributed by atoms with Gasteiger partial charge in [-0.25, -0.2) is 0 Å². The highest BCUT2D eigenvalue weighted by atomic mass is 35.5. The number of anilines is 1. The Labute approximate surface area is 119 Å². The van der Waals surface area contributed by atoms with E-state index < -0.39 is 0 Å². The Balaban J connectivity index is 1.52. The zero-order valence-electron chi connectivity index (χ0n) is 10.9. The summed E-state index contributed by atoms with van der Waals surface area (Å²) in [4.78, 5) is 2.62. The van der Waals surface area contributed by atoms with Gasteiger partial charge in [-0.3, -0.25) is 0 Å². The summed E-state index contributed by atoms with van der Waals surface area (Å²) in [5, 5.41) is 12.8. The number of hydrogen-bond donors (Lipinski definition) is 1. The fourth-order valence-electron chi connectivity index (χ4n) is 2.78. The molecule has 1 aliphatic heterocycles. The zero-order chi connectivity index (χ0) is 13.2. The van der Waals surface area contributed by atoms with Crippen LogP contribution in [0, 0.1) is 17.2 Å². The molecule has 1 aromatic carbocycles. The van der Waals surface area contributed by atoms with Gasteiger partial charge in [0.1, 0.15) is 6.07 Å². The van der Waals surface area contributed by atoms with Gasteiger partial charge in [0.05, 0.1) is 10.6 Å². The maximum absolute atomic E-state index is 8.84. The highest BCUT2D eigenvalue weighted by molar-refractivity contribution is 6.32. The van der Waals surface area contributed by atoms with Gasteiger partial charge in [-0.05, 0) is 49.9 Å². The van der Waals surface area contributed by atoms with Crippen LogP contribution in [0.3, 0.4) is 0 Å². The molecule has 100 valence electrons. The molecule has 1 atom stereocenters. The Kier molecular flexibility index (Phi) is 3.63. The lowest BCUT2D eigenvalue weighted by Crippen LogP contribution is -2.24. The van der Waals surface area contributed by atoms with Crippen LogP contribution in [-0.4, -0.2) is 30.6 Å². The molecule has 2 aliphatic rings. The van der Waals surface area contributed by atoms with Crippen molar-refractivity contribution < 1.29 is 0 Å². The molecule has 2 fully saturated rings. The Morgan fingerprint density at radius 3 is 2.89 bits per heavy atom. The van der Waals surface area contributed by atoms with E-state index >= 15 is 0 Å². The van der Waals surface area contributed by atoms with Crippen molar-refractivity contribution in [3.05, 3.63) is 28.8 Å². The summed E-state index contributed by atoms with van der Waals surface area (Å²) < 4.78 is 0. The highest BCUT2D eigenvalue weighted by Gasteiger charge is 2.34. The van der Waals surface area contributed by atoms with E-state index in [2.05, 4.69) is 16.3 Å². The second-order valence-electron chi connectivity index (χ2n) is 5.57. The van der Waals surface area contributed by atoms with Crippen molar-refractivity contribution in [3.63, 3.8) is 0 Å². The maximum atomic E-state index is 8.84. The molecule has 1 heterocycles. The minimum atomic E-state index is 0.526. The first-order valence-electron chi connectivity index (χ1n) is 6.94. The van der Waals surface area contributed by atoms with Crippen molar-refractivity contribution >= 4 is 17.3 Å². The Morgan fingerprint density at radius 1 is 1.37 bits per heavy atom. The van der Waals surface area contributed by atoms with E-state index in [1.807, 2.05) is 12.1 Å². The largest absolute Gasteiger partial charge is 0.385 e. The fraction of sp³-hybridized carbons (Fsp3) is 0.533. The number of nitrogens with zero attached hydrogens (tertiary/aromatic N) is 2. The number of likely N-dealkylation sites (tertiary alicyclic amines) is 1. The van der Waals surface area contributed by atoms with E-state index in [1.54, 1.807) is 6.07 Å². The van der Waals surface area contributed by atoms with Gasteiger partial charge in [0.15, 0.2) is 0 Å². The number of halogens is 1. The van der Waals surface area contributed by atoms with Gasteiger partial charge < -0.3 is 10.2 Å². The summed E-state index contributed by atoms with van der Waals surface area (Å²) in [6, 6.07) is 8.51. The van der Waals surface area contributed by atoms with Crippen molar-refractivity contribution in [1.29, 1.82) is 5.26 Å².